The molecule has 2 aromatic rings. The van der Waals surface area contributed by atoms with E-state index in [2.05, 4.69) is 15.3 Å². The van der Waals surface area contributed by atoms with Gasteiger partial charge in [-0.15, -0.1) is 0 Å². The second-order valence-corrected chi connectivity index (χ2v) is 6.41. The Hall–Kier alpha value is -1.59. The molecule has 1 aliphatic carbocycles. The van der Waals surface area contributed by atoms with Crippen molar-refractivity contribution in [3.8, 4) is 0 Å². The molecule has 0 saturated heterocycles. The third kappa shape index (κ3) is 3.59. The molecule has 0 amide bonds. The summed E-state index contributed by atoms with van der Waals surface area (Å²) >= 11 is 7.60. The van der Waals surface area contributed by atoms with E-state index in [1.165, 1.54) is 11.8 Å². The Morgan fingerprint density at radius 1 is 1.41 bits per heavy atom. The smallest absolute Gasteiger partial charge is 0.189 e. The van der Waals surface area contributed by atoms with Crippen molar-refractivity contribution >= 4 is 35.0 Å². The normalized spacial score (nSPS) is 13.9. The van der Waals surface area contributed by atoms with Gasteiger partial charge in [0.1, 0.15) is 5.82 Å². The number of carbonyl (C=O) groups excluding carboxylic acids is 1. The number of nitrogens with zero attached hydrogens (tertiary/aromatic N) is 2. The maximum Gasteiger partial charge on any atom is 0.189 e. The second-order valence-electron chi connectivity index (χ2n) is 5.23. The van der Waals surface area contributed by atoms with Gasteiger partial charge in [0, 0.05) is 23.7 Å². The quantitative estimate of drug-likeness (QED) is 0.494. The number of hydrogen-bond donors (Lipinski definition) is 1. The van der Waals surface area contributed by atoms with Crippen LogP contribution in [0.1, 0.15) is 28.8 Å². The van der Waals surface area contributed by atoms with E-state index >= 15 is 0 Å². The number of Topliss-reactive ketones (excluding diaryl/α,β-unsaturated/α-hetero) is 1. The molecule has 6 heteroatoms. The molecule has 0 spiro atoms. The number of aromatic nitrogens is 2. The van der Waals surface area contributed by atoms with Crippen LogP contribution in [0.15, 0.2) is 35.6 Å². The summed E-state index contributed by atoms with van der Waals surface area (Å²) in [7, 11) is 0. The minimum Gasteiger partial charge on any atom is -0.367 e. The van der Waals surface area contributed by atoms with Crippen molar-refractivity contribution in [1.82, 2.24) is 9.97 Å². The van der Waals surface area contributed by atoms with Gasteiger partial charge in [0.2, 0.25) is 0 Å². The minimum atomic E-state index is -0.0242. The van der Waals surface area contributed by atoms with Gasteiger partial charge < -0.3 is 5.32 Å². The van der Waals surface area contributed by atoms with Crippen molar-refractivity contribution in [3.63, 3.8) is 0 Å². The van der Waals surface area contributed by atoms with E-state index in [4.69, 9.17) is 11.6 Å². The molecule has 1 heterocycles. The van der Waals surface area contributed by atoms with Crippen LogP contribution in [0.4, 0.5) is 5.82 Å². The van der Waals surface area contributed by atoms with E-state index in [0.717, 1.165) is 18.4 Å². The van der Waals surface area contributed by atoms with Gasteiger partial charge in [-0.3, -0.25) is 4.79 Å². The topological polar surface area (TPSA) is 54.9 Å². The number of ketones is 1. The van der Waals surface area contributed by atoms with E-state index in [-0.39, 0.29) is 12.2 Å². The lowest BCUT2D eigenvalue weighted by molar-refractivity contribution is 0.0993. The van der Waals surface area contributed by atoms with E-state index < -0.39 is 0 Å². The molecule has 1 fully saturated rings. The van der Waals surface area contributed by atoms with Gasteiger partial charge in [-0.1, -0.05) is 41.6 Å². The van der Waals surface area contributed by atoms with Gasteiger partial charge in [0.15, 0.2) is 10.9 Å². The Morgan fingerprint density at radius 2 is 2.18 bits per heavy atom. The highest BCUT2D eigenvalue weighted by Crippen LogP contribution is 2.27. The Bertz CT molecular complexity index is 704. The monoisotopic (exact) mass is 333 g/mol. The van der Waals surface area contributed by atoms with Gasteiger partial charge >= 0.3 is 0 Å². The fraction of sp³-hybridized carbons (Fsp3) is 0.312. The molecule has 4 nitrogen and oxygen atoms in total. The standard InChI is InChI=1S/C16H16ClN3OS/c1-22-16-18-9-12(15(20-16)19-11-6-7-11)14(21)8-10-4-2-3-5-13(10)17/h2-5,9,11H,6-8H2,1H3,(H,18,19,20). The van der Waals surface area contributed by atoms with Gasteiger partial charge in [-0.2, -0.15) is 0 Å². The number of nitrogens with one attached hydrogen (secondary N) is 1. The molecule has 22 heavy (non-hydrogen) atoms. The molecule has 1 aromatic carbocycles. The van der Waals surface area contributed by atoms with E-state index in [1.54, 1.807) is 12.3 Å². The number of benzene rings is 1. The second kappa shape index (κ2) is 6.67. The lowest BCUT2D eigenvalue weighted by Gasteiger charge is -2.11. The Balaban J connectivity index is 1.86. The lowest BCUT2D eigenvalue weighted by atomic mass is 10.0. The van der Waals surface area contributed by atoms with Crippen molar-refractivity contribution in [3.05, 3.63) is 46.6 Å². The first-order chi connectivity index (χ1) is 10.7. The summed E-state index contributed by atoms with van der Waals surface area (Å²) in [6.07, 6.45) is 6.03. The summed E-state index contributed by atoms with van der Waals surface area (Å²) in [6, 6.07) is 7.82. The van der Waals surface area contributed by atoms with Crippen LogP contribution in [0.3, 0.4) is 0 Å². The highest BCUT2D eigenvalue weighted by Gasteiger charge is 2.25. The molecule has 0 unspecified atom stereocenters. The molecule has 1 saturated carbocycles. The molecule has 1 N–H and O–H groups in total. The number of rotatable bonds is 6. The Morgan fingerprint density at radius 3 is 2.86 bits per heavy atom. The molecule has 114 valence electrons. The highest BCUT2D eigenvalue weighted by atomic mass is 35.5. The molecule has 0 atom stereocenters. The zero-order valence-corrected chi connectivity index (χ0v) is 13.7. The number of hydrogen-bond acceptors (Lipinski definition) is 5. The Kier molecular flexibility index (Phi) is 4.64. The summed E-state index contributed by atoms with van der Waals surface area (Å²) in [5, 5.41) is 4.59. The summed E-state index contributed by atoms with van der Waals surface area (Å²) < 4.78 is 0. The first kappa shape index (κ1) is 15.3. The lowest BCUT2D eigenvalue weighted by Crippen LogP contribution is -2.13. The third-order valence-electron chi connectivity index (χ3n) is 3.48. The number of carbonyl (C=O) groups is 1. The molecule has 0 radical (unpaired) electrons. The van der Waals surface area contributed by atoms with Crippen LogP contribution in [0.2, 0.25) is 5.02 Å². The summed E-state index contributed by atoms with van der Waals surface area (Å²) in [6.45, 7) is 0. The first-order valence-corrected chi connectivity index (χ1v) is 8.72. The zero-order valence-electron chi connectivity index (χ0n) is 12.2. The van der Waals surface area contributed by atoms with E-state index in [1.807, 2.05) is 24.5 Å². The van der Waals surface area contributed by atoms with Gasteiger partial charge in [0.25, 0.3) is 0 Å². The molecule has 1 aromatic heterocycles. The average molecular weight is 334 g/mol. The van der Waals surface area contributed by atoms with Crippen molar-refractivity contribution in [1.29, 1.82) is 0 Å². The number of halogens is 1. The summed E-state index contributed by atoms with van der Waals surface area (Å²) in [4.78, 5) is 21.3. The fourth-order valence-electron chi connectivity index (χ4n) is 2.11. The van der Waals surface area contributed by atoms with Crippen LogP contribution in [0.25, 0.3) is 0 Å². The van der Waals surface area contributed by atoms with Gasteiger partial charge in [0.05, 0.1) is 5.56 Å². The van der Waals surface area contributed by atoms with Crippen LogP contribution in [0, 0.1) is 0 Å². The Labute approximate surface area is 138 Å². The average Bonchev–Trinajstić information content (AvgIpc) is 3.33. The van der Waals surface area contributed by atoms with Crippen LogP contribution in [-0.4, -0.2) is 28.0 Å². The number of anilines is 1. The van der Waals surface area contributed by atoms with Gasteiger partial charge in [-0.25, -0.2) is 9.97 Å². The van der Waals surface area contributed by atoms with Crippen LogP contribution in [0.5, 0.6) is 0 Å². The maximum absolute atomic E-state index is 12.6. The van der Waals surface area contributed by atoms with Gasteiger partial charge in [-0.05, 0) is 30.7 Å². The number of thioether (sulfide) groups is 1. The molecule has 0 aliphatic heterocycles. The fourth-order valence-corrected chi connectivity index (χ4v) is 2.65. The summed E-state index contributed by atoms with van der Waals surface area (Å²) in [5.41, 5.74) is 1.35. The van der Waals surface area contributed by atoms with E-state index in [9.17, 15) is 4.79 Å². The third-order valence-corrected chi connectivity index (χ3v) is 4.41. The van der Waals surface area contributed by atoms with Crippen LogP contribution >= 0.6 is 23.4 Å². The van der Waals surface area contributed by atoms with Crippen molar-refractivity contribution in [2.24, 2.45) is 0 Å². The SMILES string of the molecule is CSc1ncc(C(=O)Cc2ccccc2Cl)c(NC2CC2)n1. The predicted octanol–water partition coefficient (Wildman–Crippen LogP) is 3.85. The minimum absolute atomic E-state index is 0.0242. The van der Waals surface area contributed by atoms with Crippen molar-refractivity contribution < 1.29 is 4.79 Å². The molecule has 3 rings (SSSR count). The van der Waals surface area contributed by atoms with Crippen molar-refractivity contribution in [2.75, 3.05) is 11.6 Å². The van der Waals surface area contributed by atoms with E-state index in [0.29, 0.717) is 27.6 Å². The molecular weight excluding hydrogens is 318 g/mol. The zero-order chi connectivity index (χ0) is 15.5. The summed E-state index contributed by atoms with van der Waals surface area (Å²) in [5.74, 6) is 0.614. The first-order valence-electron chi connectivity index (χ1n) is 7.11. The molecule has 0 bridgehead atoms. The largest absolute Gasteiger partial charge is 0.367 e. The molecule has 1 aliphatic rings. The van der Waals surface area contributed by atoms with Crippen molar-refractivity contribution in [2.45, 2.75) is 30.5 Å². The van der Waals surface area contributed by atoms with Crippen LogP contribution in [-0.2, 0) is 6.42 Å². The highest BCUT2D eigenvalue weighted by molar-refractivity contribution is 7.98. The maximum atomic E-state index is 12.6. The predicted molar refractivity (Wildman–Crippen MR) is 89.9 cm³/mol. The molecular formula is C16H16ClN3OS. The van der Waals surface area contributed by atoms with Crippen LogP contribution < -0.4 is 5.32 Å².